The second-order valence-electron chi connectivity index (χ2n) is 5.38. The van der Waals surface area contributed by atoms with Crippen molar-refractivity contribution in [1.29, 1.82) is 0 Å². The number of hydrogen-bond acceptors (Lipinski definition) is 1. The number of rotatable bonds is 1. The number of thioether (sulfide) groups is 1. The Hall–Kier alpha value is 0.620. The molecule has 0 bridgehead atoms. The first-order valence-electron chi connectivity index (χ1n) is 4.90. The lowest BCUT2D eigenvalue weighted by atomic mass is 9.01. The van der Waals surface area contributed by atoms with Gasteiger partial charge >= 0.3 is 5.51 Å². The first kappa shape index (κ1) is 7.82. The predicted molar refractivity (Wildman–Crippen MR) is 49.0 cm³/mol. The quantitative estimate of drug-likeness (QED) is 0.667. The molecule has 6 aliphatic rings. The highest BCUT2D eigenvalue weighted by atomic mass is 79.9. The highest BCUT2D eigenvalue weighted by molar-refractivity contribution is 9.10. The largest absolute Gasteiger partial charge is 0.442 e. The molecular formula is C9H6BrF3S. The Kier molecular flexibility index (Phi) is 0.856. The summed E-state index contributed by atoms with van der Waals surface area (Å²) in [6, 6.07) is 0. The summed E-state index contributed by atoms with van der Waals surface area (Å²) in [7, 11) is 0. The molecule has 76 valence electrons. The van der Waals surface area contributed by atoms with Gasteiger partial charge in [0.2, 0.25) is 0 Å². The van der Waals surface area contributed by atoms with Crippen LogP contribution in [0.1, 0.15) is 0 Å². The monoisotopic (exact) mass is 282 g/mol. The Morgan fingerprint density at radius 2 is 1.36 bits per heavy atom. The molecule has 0 aliphatic heterocycles. The molecule has 0 N–H and O–H groups in total. The van der Waals surface area contributed by atoms with Crippen LogP contribution in [0.15, 0.2) is 0 Å². The normalized spacial score (nSPS) is 78.9. The van der Waals surface area contributed by atoms with E-state index in [0.29, 0.717) is 51.6 Å². The molecule has 6 saturated carbocycles. The third kappa shape index (κ3) is 0.384. The maximum Gasteiger partial charge on any atom is 0.442 e. The van der Waals surface area contributed by atoms with Crippen molar-refractivity contribution in [3.63, 3.8) is 0 Å². The van der Waals surface area contributed by atoms with E-state index in [9.17, 15) is 13.2 Å². The molecule has 0 spiro atoms. The first-order valence-corrected chi connectivity index (χ1v) is 6.51. The molecule has 0 aromatic rings. The van der Waals surface area contributed by atoms with E-state index in [1.165, 1.54) is 0 Å². The van der Waals surface area contributed by atoms with Crippen LogP contribution in [0.5, 0.6) is 0 Å². The van der Waals surface area contributed by atoms with Crippen LogP contribution in [0, 0.1) is 35.5 Å². The number of halogens is 4. The minimum absolute atomic E-state index is 0.312. The van der Waals surface area contributed by atoms with Gasteiger partial charge in [0.1, 0.15) is 0 Å². The average molecular weight is 283 g/mol. The summed E-state index contributed by atoms with van der Waals surface area (Å²) in [6.07, 6.45) is 0. The van der Waals surface area contributed by atoms with Gasteiger partial charge in [-0.2, -0.15) is 13.2 Å². The van der Waals surface area contributed by atoms with Crippen LogP contribution >= 0.6 is 27.7 Å². The summed E-state index contributed by atoms with van der Waals surface area (Å²) in [5.74, 6) is 3.14. The Balaban J connectivity index is 1.53. The molecule has 0 saturated heterocycles. The number of hydrogen-bond donors (Lipinski definition) is 0. The number of alkyl halides is 4. The highest BCUT2D eigenvalue weighted by Gasteiger charge is 3.10. The third-order valence-corrected chi connectivity index (χ3v) is 8.70. The topological polar surface area (TPSA) is 0 Å². The minimum atomic E-state index is -4.01. The molecule has 6 fully saturated rings. The molecule has 0 aromatic heterocycles. The van der Waals surface area contributed by atoms with E-state index in [1.54, 1.807) is 0 Å². The zero-order valence-corrected chi connectivity index (χ0v) is 9.29. The molecular weight excluding hydrogens is 277 g/mol. The Labute approximate surface area is 91.1 Å². The maximum absolute atomic E-state index is 12.4. The zero-order valence-electron chi connectivity index (χ0n) is 6.88. The van der Waals surface area contributed by atoms with Gasteiger partial charge in [-0.05, 0) is 47.3 Å². The second-order valence-corrected chi connectivity index (χ2v) is 8.13. The summed E-state index contributed by atoms with van der Waals surface area (Å²) < 4.78 is 37.1. The van der Waals surface area contributed by atoms with Crippen molar-refractivity contribution >= 4 is 27.7 Å². The van der Waals surface area contributed by atoms with Gasteiger partial charge in [0.25, 0.3) is 0 Å². The standard InChI is InChI=1S/C9H6BrF3S/c10-7-1-4-2(7)6-3(7)5(1)8(4,6)14-9(11,12)13/h1-6H. The van der Waals surface area contributed by atoms with Crippen molar-refractivity contribution in [2.24, 2.45) is 35.5 Å². The van der Waals surface area contributed by atoms with E-state index in [4.69, 9.17) is 0 Å². The van der Waals surface area contributed by atoms with E-state index < -0.39 is 5.51 Å². The summed E-state index contributed by atoms with van der Waals surface area (Å²) >= 11 is 4.06. The fraction of sp³-hybridized carbons (Fsp3) is 1.00. The van der Waals surface area contributed by atoms with Crippen LogP contribution in [0.2, 0.25) is 0 Å². The van der Waals surface area contributed by atoms with Gasteiger partial charge in [-0.25, -0.2) is 0 Å². The van der Waals surface area contributed by atoms with Crippen LogP contribution in [-0.4, -0.2) is 14.6 Å². The van der Waals surface area contributed by atoms with Crippen molar-refractivity contribution < 1.29 is 13.2 Å². The summed E-state index contributed by atoms with van der Waals surface area (Å²) in [6.45, 7) is 0. The maximum atomic E-state index is 12.4. The van der Waals surface area contributed by atoms with Crippen LogP contribution in [0.3, 0.4) is 0 Å². The summed E-state index contributed by atoms with van der Waals surface area (Å²) in [5.41, 5.74) is -4.01. The fourth-order valence-electron chi connectivity index (χ4n) is 5.70. The van der Waals surface area contributed by atoms with Gasteiger partial charge in [0, 0.05) is 9.07 Å². The average Bonchev–Trinajstić information content (AvgIpc) is 2.09. The SMILES string of the molecule is FC(F)(F)SC12C3C4C1C1C2C3C41Br. The van der Waals surface area contributed by atoms with Crippen molar-refractivity contribution in [3.8, 4) is 0 Å². The van der Waals surface area contributed by atoms with E-state index in [2.05, 4.69) is 15.9 Å². The van der Waals surface area contributed by atoms with Gasteiger partial charge in [-0.3, -0.25) is 0 Å². The van der Waals surface area contributed by atoms with Gasteiger partial charge in [-0.1, -0.05) is 15.9 Å². The lowest BCUT2D eigenvalue weighted by Gasteiger charge is -3.09. The first-order chi connectivity index (χ1) is 6.44. The van der Waals surface area contributed by atoms with Gasteiger partial charge in [0.05, 0.1) is 0 Å². The Morgan fingerprint density at radius 3 is 1.71 bits per heavy atom. The third-order valence-electron chi connectivity index (χ3n) is 5.71. The van der Waals surface area contributed by atoms with Crippen molar-refractivity contribution in [1.82, 2.24) is 0 Å². The van der Waals surface area contributed by atoms with Gasteiger partial charge in [-0.15, -0.1) is 0 Å². The van der Waals surface area contributed by atoms with Crippen LogP contribution in [-0.2, 0) is 0 Å². The highest BCUT2D eigenvalue weighted by Crippen LogP contribution is 3.08. The van der Waals surface area contributed by atoms with Crippen molar-refractivity contribution in [2.75, 3.05) is 0 Å². The smallest absolute Gasteiger partial charge is 0.160 e. The molecule has 0 unspecified atom stereocenters. The van der Waals surface area contributed by atoms with E-state index in [1.807, 2.05) is 0 Å². The Morgan fingerprint density at radius 1 is 0.929 bits per heavy atom. The molecule has 6 rings (SSSR count). The van der Waals surface area contributed by atoms with Gasteiger partial charge in [0.15, 0.2) is 0 Å². The molecule has 0 atom stereocenters. The fourth-order valence-corrected chi connectivity index (χ4v) is 9.10. The lowest BCUT2D eigenvalue weighted by Crippen LogP contribution is -3.13. The van der Waals surface area contributed by atoms with Crippen LogP contribution in [0.25, 0.3) is 0 Å². The Bertz CT molecular complexity index is 336. The summed E-state index contributed by atoms with van der Waals surface area (Å²) in [5, 5.41) is 0. The predicted octanol–water partition coefficient (Wildman–Crippen LogP) is 2.88. The summed E-state index contributed by atoms with van der Waals surface area (Å²) in [4.78, 5) is 0. The molecule has 14 heavy (non-hydrogen) atoms. The van der Waals surface area contributed by atoms with E-state index in [0.717, 1.165) is 0 Å². The van der Waals surface area contributed by atoms with Crippen LogP contribution < -0.4 is 0 Å². The van der Waals surface area contributed by atoms with Crippen molar-refractivity contribution in [2.45, 2.75) is 14.6 Å². The van der Waals surface area contributed by atoms with E-state index >= 15 is 0 Å². The van der Waals surface area contributed by atoms with E-state index in [-0.39, 0.29) is 4.75 Å². The lowest BCUT2D eigenvalue weighted by molar-refractivity contribution is -0.522. The van der Waals surface area contributed by atoms with Crippen molar-refractivity contribution in [3.05, 3.63) is 0 Å². The zero-order chi connectivity index (χ0) is 9.67. The molecule has 6 aliphatic carbocycles. The molecule has 0 amide bonds. The molecule has 5 heteroatoms. The second kappa shape index (κ2) is 1.53. The molecule has 0 radical (unpaired) electrons. The molecule has 0 heterocycles. The molecule has 0 nitrogen and oxygen atoms in total. The molecule has 0 aromatic carbocycles. The minimum Gasteiger partial charge on any atom is -0.160 e. The van der Waals surface area contributed by atoms with Gasteiger partial charge < -0.3 is 0 Å². The van der Waals surface area contributed by atoms with Crippen LogP contribution in [0.4, 0.5) is 13.2 Å².